The first-order valence-corrected chi connectivity index (χ1v) is 2.93. The van der Waals surface area contributed by atoms with E-state index in [1.54, 1.807) is 13.8 Å². The molecule has 1 amide bonds. The van der Waals surface area contributed by atoms with Gasteiger partial charge in [-0.25, -0.2) is 4.99 Å². The van der Waals surface area contributed by atoms with E-state index in [0.717, 1.165) is 0 Å². The molecule has 0 radical (unpaired) electrons. The second-order valence-electron chi connectivity index (χ2n) is 2.02. The number of rotatable bonds is 1. The Hall–Kier alpha value is -0.120. The van der Waals surface area contributed by atoms with Gasteiger partial charge < -0.3 is 5.11 Å². The van der Waals surface area contributed by atoms with Crippen LogP contribution in [0.1, 0.15) is 20.8 Å². The zero-order valence-corrected chi connectivity index (χ0v) is 9.34. The SMILES string of the molecule is CC(=O)N=C(C)/C(C)=C/[O-].[Na+]. The Morgan fingerprint density at radius 2 is 1.82 bits per heavy atom. The maximum Gasteiger partial charge on any atom is 1.00 e. The zero-order valence-electron chi connectivity index (χ0n) is 7.34. The summed E-state index contributed by atoms with van der Waals surface area (Å²) in [5, 5.41) is 10.1. The largest absolute Gasteiger partial charge is 1.00 e. The van der Waals surface area contributed by atoms with E-state index in [4.69, 9.17) is 0 Å². The Morgan fingerprint density at radius 3 is 2.09 bits per heavy atom. The Kier molecular flexibility index (Phi) is 8.06. The molecule has 0 heterocycles. The van der Waals surface area contributed by atoms with Crippen LogP contribution in [-0.4, -0.2) is 11.6 Å². The number of aliphatic imine (C=N–C) groups is 1. The Bertz CT molecular complexity index is 197. The summed E-state index contributed by atoms with van der Waals surface area (Å²) in [6.07, 6.45) is 0.682. The Morgan fingerprint density at radius 1 is 1.36 bits per heavy atom. The number of hydrogen-bond acceptors (Lipinski definition) is 2. The smallest absolute Gasteiger partial charge is 0.878 e. The zero-order chi connectivity index (χ0) is 8.15. The van der Waals surface area contributed by atoms with Crippen LogP contribution in [0.4, 0.5) is 0 Å². The van der Waals surface area contributed by atoms with Gasteiger partial charge in [0.1, 0.15) is 0 Å². The number of carbonyl (C=O) groups is 1. The summed E-state index contributed by atoms with van der Waals surface area (Å²) in [6.45, 7) is 4.60. The molecule has 0 unspecified atom stereocenters. The van der Waals surface area contributed by atoms with E-state index in [9.17, 15) is 9.90 Å². The maximum atomic E-state index is 10.4. The van der Waals surface area contributed by atoms with Crippen LogP contribution in [0.2, 0.25) is 0 Å². The minimum Gasteiger partial charge on any atom is -0.878 e. The summed E-state index contributed by atoms with van der Waals surface area (Å²) in [7, 11) is 0. The topological polar surface area (TPSA) is 52.5 Å². The second-order valence-corrected chi connectivity index (χ2v) is 2.02. The van der Waals surface area contributed by atoms with Crippen LogP contribution >= 0.6 is 0 Å². The van der Waals surface area contributed by atoms with Crippen molar-refractivity contribution in [1.29, 1.82) is 0 Å². The summed E-state index contributed by atoms with van der Waals surface area (Å²) in [6, 6.07) is 0. The van der Waals surface area contributed by atoms with Crippen LogP contribution in [0.3, 0.4) is 0 Å². The normalized spacial score (nSPS) is 12.3. The third kappa shape index (κ3) is 6.28. The van der Waals surface area contributed by atoms with E-state index in [1.807, 2.05) is 0 Å². The van der Waals surface area contributed by atoms with Gasteiger partial charge in [-0.15, -0.1) is 6.26 Å². The average molecular weight is 163 g/mol. The van der Waals surface area contributed by atoms with Crippen molar-refractivity contribution >= 4 is 11.6 Å². The van der Waals surface area contributed by atoms with Gasteiger partial charge in [-0.1, -0.05) is 0 Å². The number of hydrogen-bond donors (Lipinski definition) is 0. The van der Waals surface area contributed by atoms with Crippen molar-refractivity contribution in [1.82, 2.24) is 0 Å². The minimum absolute atomic E-state index is 0. The molecule has 0 aromatic carbocycles. The van der Waals surface area contributed by atoms with Gasteiger partial charge in [0.25, 0.3) is 0 Å². The fourth-order valence-electron chi connectivity index (χ4n) is 0.410. The molecule has 3 nitrogen and oxygen atoms in total. The Balaban J connectivity index is 0. The molecule has 0 aliphatic heterocycles. The summed E-state index contributed by atoms with van der Waals surface area (Å²) in [5.41, 5.74) is 0.984. The Labute approximate surface area is 88.5 Å². The van der Waals surface area contributed by atoms with Gasteiger partial charge in [-0.2, -0.15) is 0 Å². The summed E-state index contributed by atoms with van der Waals surface area (Å²) < 4.78 is 0. The summed E-state index contributed by atoms with van der Waals surface area (Å²) in [4.78, 5) is 13.9. The van der Waals surface area contributed by atoms with Crippen LogP contribution in [-0.2, 0) is 4.79 Å². The van der Waals surface area contributed by atoms with Crippen molar-refractivity contribution in [2.45, 2.75) is 20.8 Å². The number of amides is 1. The standard InChI is InChI=1S/C7H11NO2.Na/c1-5(4-9)6(2)8-7(3)10;/h4,9H,1-3H3;/q;+1/p-1/b5-4+,8-6?;. The molecule has 0 aliphatic carbocycles. The molecule has 56 valence electrons. The third-order valence-corrected chi connectivity index (χ3v) is 1.07. The van der Waals surface area contributed by atoms with E-state index in [2.05, 4.69) is 4.99 Å². The first-order valence-electron chi connectivity index (χ1n) is 2.93. The third-order valence-electron chi connectivity index (χ3n) is 1.07. The van der Waals surface area contributed by atoms with Gasteiger partial charge in [0, 0.05) is 12.6 Å². The fraction of sp³-hybridized carbons (Fsp3) is 0.429. The predicted molar refractivity (Wildman–Crippen MR) is 37.5 cm³/mol. The quantitative estimate of drug-likeness (QED) is 0.239. The molecular weight excluding hydrogens is 153 g/mol. The van der Waals surface area contributed by atoms with E-state index in [0.29, 0.717) is 17.5 Å². The van der Waals surface area contributed by atoms with Crippen molar-refractivity contribution in [2.75, 3.05) is 0 Å². The molecule has 0 fully saturated rings. The van der Waals surface area contributed by atoms with Gasteiger partial charge in [0.2, 0.25) is 5.91 Å². The number of carbonyl (C=O) groups excluding carboxylic acids is 1. The molecule has 0 saturated heterocycles. The molecule has 0 saturated carbocycles. The van der Waals surface area contributed by atoms with Gasteiger partial charge in [0.05, 0.1) is 0 Å². The van der Waals surface area contributed by atoms with Crippen molar-refractivity contribution in [3.63, 3.8) is 0 Å². The van der Waals surface area contributed by atoms with Crippen molar-refractivity contribution in [3.8, 4) is 0 Å². The molecule has 0 rings (SSSR count). The van der Waals surface area contributed by atoms with Gasteiger partial charge in [-0.05, 0) is 19.4 Å². The van der Waals surface area contributed by atoms with Crippen LogP contribution in [0.5, 0.6) is 0 Å². The molecule has 0 N–H and O–H groups in total. The van der Waals surface area contributed by atoms with Crippen molar-refractivity contribution < 1.29 is 39.5 Å². The van der Waals surface area contributed by atoms with Gasteiger partial charge in [-0.3, -0.25) is 4.79 Å². The molecule has 0 bridgehead atoms. The van der Waals surface area contributed by atoms with Crippen LogP contribution in [0.15, 0.2) is 16.8 Å². The average Bonchev–Trinajstić information content (AvgIpc) is 1.85. The fourth-order valence-corrected chi connectivity index (χ4v) is 0.410. The van der Waals surface area contributed by atoms with E-state index in [1.165, 1.54) is 6.92 Å². The molecular formula is C7H10NNaO2. The van der Waals surface area contributed by atoms with Crippen molar-refractivity contribution in [3.05, 3.63) is 11.8 Å². The number of allylic oxidation sites excluding steroid dienone is 1. The van der Waals surface area contributed by atoms with E-state index < -0.39 is 0 Å². The summed E-state index contributed by atoms with van der Waals surface area (Å²) >= 11 is 0. The minimum atomic E-state index is -0.279. The monoisotopic (exact) mass is 163 g/mol. The van der Waals surface area contributed by atoms with Gasteiger partial charge in [0.15, 0.2) is 0 Å². The summed E-state index contributed by atoms with van der Waals surface area (Å²) in [5.74, 6) is -0.279. The maximum absolute atomic E-state index is 10.4. The molecule has 0 aromatic rings. The first-order chi connectivity index (χ1) is 4.57. The van der Waals surface area contributed by atoms with Crippen LogP contribution < -0.4 is 34.7 Å². The first kappa shape index (κ1) is 13.5. The van der Waals surface area contributed by atoms with Gasteiger partial charge >= 0.3 is 29.6 Å². The van der Waals surface area contributed by atoms with Crippen molar-refractivity contribution in [2.24, 2.45) is 4.99 Å². The second kappa shape index (κ2) is 6.58. The molecule has 0 atom stereocenters. The molecule has 11 heavy (non-hydrogen) atoms. The molecule has 0 spiro atoms. The molecule has 4 heteroatoms. The van der Waals surface area contributed by atoms with E-state index >= 15 is 0 Å². The molecule has 0 aliphatic rings. The molecule has 0 aromatic heterocycles. The predicted octanol–water partition coefficient (Wildman–Crippen LogP) is -2.74. The van der Waals surface area contributed by atoms with Crippen LogP contribution in [0.25, 0.3) is 0 Å². The van der Waals surface area contributed by atoms with E-state index in [-0.39, 0.29) is 35.5 Å². The van der Waals surface area contributed by atoms with Crippen LogP contribution in [0, 0.1) is 0 Å². The number of nitrogens with zero attached hydrogens (tertiary/aromatic N) is 1.